The smallest absolute Gasteiger partial charge is 0.0474 e. The highest BCUT2D eigenvalue weighted by atomic mass is 15.1. The maximum atomic E-state index is 3.95. The summed E-state index contributed by atoms with van der Waals surface area (Å²) in [5.74, 6) is 0. The van der Waals surface area contributed by atoms with Gasteiger partial charge in [0.1, 0.15) is 0 Å². The van der Waals surface area contributed by atoms with Gasteiger partial charge in [0.05, 0.1) is 0 Å². The highest BCUT2D eigenvalue weighted by Gasteiger charge is 2.36. The largest absolute Gasteiger partial charge is 0.355 e. The van der Waals surface area contributed by atoms with Crippen molar-refractivity contribution < 1.29 is 0 Å². The topological polar surface area (TPSA) is 15.3 Å². The van der Waals surface area contributed by atoms with Gasteiger partial charge in [0.2, 0.25) is 0 Å². The first-order chi connectivity index (χ1) is 31.0. The molecule has 11 rings (SSSR count). The minimum Gasteiger partial charge on any atom is -0.355 e. The second-order valence-corrected chi connectivity index (χ2v) is 17.1. The fourth-order valence-corrected chi connectivity index (χ4v) is 9.57. The van der Waals surface area contributed by atoms with Crippen LogP contribution in [0.25, 0.3) is 66.4 Å². The highest BCUT2D eigenvalue weighted by molar-refractivity contribution is 6.05. The summed E-state index contributed by atoms with van der Waals surface area (Å²) in [6, 6.07) is 86.0. The van der Waals surface area contributed by atoms with Crippen LogP contribution < -0.4 is 10.2 Å². The molecule has 0 radical (unpaired) electrons. The lowest BCUT2D eigenvalue weighted by Gasteiger charge is -2.28. The van der Waals surface area contributed by atoms with E-state index in [0.717, 1.165) is 34.0 Å². The van der Waals surface area contributed by atoms with E-state index in [1.54, 1.807) is 0 Å². The molecule has 0 unspecified atom stereocenters. The van der Waals surface area contributed by atoms with Gasteiger partial charge in [-0.2, -0.15) is 0 Å². The van der Waals surface area contributed by atoms with E-state index in [2.05, 4.69) is 261 Å². The summed E-state index contributed by atoms with van der Waals surface area (Å²) < 4.78 is 0. The lowest BCUT2D eigenvalue weighted by atomic mass is 9.81. The summed E-state index contributed by atoms with van der Waals surface area (Å²) in [7, 11) is 0. The molecular weight excluding hydrogens is 761 g/mol. The Balaban J connectivity index is 1.10. The molecule has 0 fully saturated rings. The van der Waals surface area contributed by atoms with Gasteiger partial charge in [-0.3, -0.25) is 0 Å². The van der Waals surface area contributed by atoms with Crippen molar-refractivity contribution in [3.8, 4) is 55.6 Å². The molecule has 0 atom stereocenters. The van der Waals surface area contributed by atoms with Crippen LogP contribution in [0.3, 0.4) is 0 Å². The predicted molar refractivity (Wildman–Crippen MR) is 268 cm³/mol. The van der Waals surface area contributed by atoms with Crippen LogP contribution >= 0.6 is 0 Å². The number of hydrogen-bond donors (Lipinski definition) is 1. The molecule has 0 amide bonds. The van der Waals surface area contributed by atoms with Gasteiger partial charge in [0.25, 0.3) is 0 Å². The van der Waals surface area contributed by atoms with Gasteiger partial charge in [-0.05, 0) is 133 Å². The lowest BCUT2D eigenvalue weighted by molar-refractivity contribution is 0.660. The Labute approximate surface area is 370 Å². The van der Waals surface area contributed by atoms with Crippen molar-refractivity contribution in [2.45, 2.75) is 19.3 Å². The molecule has 0 saturated carbocycles. The zero-order valence-electron chi connectivity index (χ0n) is 35.5. The summed E-state index contributed by atoms with van der Waals surface area (Å²) in [6.07, 6.45) is 0. The average Bonchev–Trinajstić information content (AvgIpc) is 3.57. The molecule has 1 N–H and O–H groups in total. The standard InChI is InChI=1S/C61H46N2/c1-61(2)58-25-15-14-24-54(58)56-40-57(60(41-59(56)61)62-49-32-26-45(27-33-49)42-16-6-3-7-17-42)55-39-52(38-48-22-12-13-23-53(48)55)63(50-34-28-46(29-35-50)43-18-8-4-9-19-43)51-36-30-47(31-37-51)44-20-10-5-11-21-44/h3-41,62H,1-2H3. The normalized spacial score (nSPS) is 12.4. The van der Waals surface area contributed by atoms with Gasteiger partial charge in [-0.15, -0.1) is 0 Å². The van der Waals surface area contributed by atoms with E-state index < -0.39 is 0 Å². The van der Waals surface area contributed by atoms with E-state index in [0.29, 0.717) is 0 Å². The second-order valence-electron chi connectivity index (χ2n) is 17.1. The summed E-state index contributed by atoms with van der Waals surface area (Å²) in [4.78, 5) is 2.40. The summed E-state index contributed by atoms with van der Waals surface area (Å²) in [5, 5.41) is 6.33. The summed E-state index contributed by atoms with van der Waals surface area (Å²) >= 11 is 0. The molecule has 0 spiro atoms. The molecule has 300 valence electrons. The molecule has 63 heavy (non-hydrogen) atoms. The minimum atomic E-state index is -0.156. The van der Waals surface area contributed by atoms with Crippen LogP contribution in [0, 0.1) is 0 Å². The molecule has 0 heterocycles. The number of hydrogen-bond acceptors (Lipinski definition) is 2. The van der Waals surface area contributed by atoms with Crippen LogP contribution in [-0.2, 0) is 5.41 Å². The fraction of sp³-hybridized carbons (Fsp3) is 0.0492. The van der Waals surface area contributed by atoms with Crippen LogP contribution in [0.2, 0.25) is 0 Å². The van der Waals surface area contributed by atoms with Crippen LogP contribution in [-0.4, -0.2) is 0 Å². The van der Waals surface area contributed by atoms with E-state index in [9.17, 15) is 0 Å². The lowest BCUT2D eigenvalue weighted by Crippen LogP contribution is -2.15. The summed E-state index contributed by atoms with van der Waals surface area (Å²) in [6.45, 7) is 4.71. The van der Waals surface area contributed by atoms with Crippen molar-refractivity contribution in [3.63, 3.8) is 0 Å². The molecule has 10 aromatic carbocycles. The van der Waals surface area contributed by atoms with E-state index >= 15 is 0 Å². The Bertz CT molecular complexity index is 3140. The number of rotatable bonds is 9. The Kier molecular flexibility index (Phi) is 9.55. The van der Waals surface area contributed by atoms with Crippen molar-refractivity contribution in [2.75, 3.05) is 10.2 Å². The molecule has 1 aliphatic rings. The van der Waals surface area contributed by atoms with Gasteiger partial charge in [-0.1, -0.05) is 190 Å². The molecule has 0 saturated heterocycles. The van der Waals surface area contributed by atoms with E-state index in [1.165, 1.54) is 72.0 Å². The van der Waals surface area contributed by atoms with Crippen molar-refractivity contribution in [1.82, 2.24) is 0 Å². The molecule has 2 heteroatoms. The first kappa shape index (κ1) is 38.0. The minimum absolute atomic E-state index is 0.156. The van der Waals surface area contributed by atoms with Crippen LogP contribution in [0.15, 0.2) is 237 Å². The third-order valence-corrected chi connectivity index (χ3v) is 12.9. The fourth-order valence-electron chi connectivity index (χ4n) is 9.57. The molecule has 0 aliphatic heterocycles. The Morgan fingerprint density at radius 2 is 0.810 bits per heavy atom. The summed E-state index contributed by atoms with van der Waals surface area (Å²) in [5.41, 5.74) is 20.0. The Morgan fingerprint density at radius 3 is 1.38 bits per heavy atom. The maximum absolute atomic E-state index is 3.95. The van der Waals surface area contributed by atoms with Gasteiger partial charge in [-0.25, -0.2) is 0 Å². The van der Waals surface area contributed by atoms with E-state index in [4.69, 9.17) is 0 Å². The van der Waals surface area contributed by atoms with Crippen molar-refractivity contribution in [1.29, 1.82) is 0 Å². The first-order valence-electron chi connectivity index (χ1n) is 21.8. The van der Waals surface area contributed by atoms with Gasteiger partial charge < -0.3 is 10.2 Å². The third kappa shape index (κ3) is 7.06. The zero-order chi connectivity index (χ0) is 42.3. The van der Waals surface area contributed by atoms with Crippen LogP contribution in [0.4, 0.5) is 28.4 Å². The molecule has 2 nitrogen and oxygen atoms in total. The average molecular weight is 807 g/mol. The van der Waals surface area contributed by atoms with E-state index in [-0.39, 0.29) is 5.41 Å². The van der Waals surface area contributed by atoms with Crippen LogP contribution in [0.1, 0.15) is 25.0 Å². The van der Waals surface area contributed by atoms with Crippen molar-refractivity contribution >= 4 is 39.2 Å². The molecule has 1 aliphatic carbocycles. The van der Waals surface area contributed by atoms with Gasteiger partial charge in [0, 0.05) is 39.4 Å². The van der Waals surface area contributed by atoms with E-state index in [1.807, 2.05) is 0 Å². The van der Waals surface area contributed by atoms with Gasteiger partial charge in [0.15, 0.2) is 0 Å². The molecule has 0 aromatic heterocycles. The van der Waals surface area contributed by atoms with Gasteiger partial charge >= 0.3 is 0 Å². The molecular formula is C61H46N2. The molecule has 0 bridgehead atoms. The van der Waals surface area contributed by atoms with Crippen molar-refractivity contribution in [3.05, 3.63) is 248 Å². The Hall–Kier alpha value is -7.94. The second kappa shape index (κ2) is 15.8. The molecule has 10 aromatic rings. The quantitative estimate of drug-likeness (QED) is 0.156. The van der Waals surface area contributed by atoms with Crippen LogP contribution in [0.5, 0.6) is 0 Å². The third-order valence-electron chi connectivity index (χ3n) is 12.9. The number of nitrogens with zero attached hydrogens (tertiary/aromatic N) is 1. The first-order valence-corrected chi connectivity index (χ1v) is 21.8. The predicted octanol–water partition coefficient (Wildman–Crippen LogP) is 17.0. The Morgan fingerprint density at radius 1 is 0.333 bits per heavy atom. The number of benzene rings is 10. The number of fused-ring (bicyclic) bond motifs is 4. The maximum Gasteiger partial charge on any atom is 0.0474 e. The SMILES string of the molecule is CC1(C)c2ccccc2-c2cc(-c3cc(N(c4ccc(-c5ccccc5)cc4)c4ccc(-c5ccccc5)cc4)cc4ccccc34)c(Nc3ccc(-c4ccccc4)cc3)cc21. The monoisotopic (exact) mass is 806 g/mol. The van der Waals surface area contributed by atoms with Crippen molar-refractivity contribution in [2.24, 2.45) is 0 Å². The highest BCUT2D eigenvalue weighted by Crippen LogP contribution is 2.53. The zero-order valence-corrected chi connectivity index (χ0v) is 35.5. The number of anilines is 5. The number of nitrogens with one attached hydrogen (secondary N) is 1.